The van der Waals surface area contributed by atoms with E-state index in [1.165, 1.54) is 5.17 Å². The molecule has 66 valence electrons. The zero-order chi connectivity index (χ0) is 8.29. The molecule has 1 saturated carbocycles. The molecule has 4 heteroatoms. The van der Waals surface area contributed by atoms with Gasteiger partial charge in [-0.05, 0) is 19.3 Å². The minimum atomic E-state index is 0.157. The maximum atomic E-state index is 11.5. The summed E-state index contributed by atoms with van der Waals surface area (Å²) in [6.07, 6.45) is 3.38. The van der Waals surface area contributed by atoms with Gasteiger partial charge in [-0.1, -0.05) is 0 Å². The van der Waals surface area contributed by atoms with Crippen molar-refractivity contribution in [2.75, 3.05) is 7.05 Å². The van der Waals surface area contributed by atoms with Crippen molar-refractivity contribution in [3.63, 3.8) is 0 Å². The van der Waals surface area contributed by atoms with Crippen molar-refractivity contribution >= 4 is 5.91 Å². The van der Waals surface area contributed by atoms with Crippen LogP contribution < -0.4 is 0 Å². The Hall–Kier alpha value is -0.610. The van der Waals surface area contributed by atoms with E-state index in [-0.39, 0.29) is 11.8 Å². The van der Waals surface area contributed by atoms with Gasteiger partial charge in [-0.2, -0.15) is 5.01 Å². The highest BCUT2D eigenvalue weighted by molar-refractivity contribution is 5.79. The Morgan fingerprint density at radius 1 is 1.42 bits per heavy atom. The van der Waals surface area contributed by atoms with Gasteiger partial charge in [0.1, 0.15) is 0 Å². The molecule has 3 saturated heterocycles. The standard InChI is InChI=1S/C8H12N2O2/c1-9-6-2-5-3-7(4-6)12-10(9)8(5)11/h5-7H,2-4H2,1H3. The predicted octanol–water partition coefficient (Wildman–Crippen LogP) is 0.158. The zero-order valence-electron chi connectivity index (χ0n) is 7.06. The SMILES string of the molecule is CN1C2CC3CC(C2)C(=O)N1O3. The second kappa shape index (κ2) is 2.00. The first kappa shape index (κ1) is 6.86. The van der Waals surface area contributed by atoms with E-state index in [1.54, 1.807) is 0 Å². The molecule has 0 spiro atoms. The minimum absolute atomic E-state index is 0.157. The van der Waals surface area contributed by atoms with E-state index >= 15 is 0 Å². The Balaban J connectivity index is 1.98. The summed E-state index contributed by atoms with van der Waals surface area (Å²) in [6.45, 7) is 0. The molecule has 12 heavy (non-hydrogen) atoms. The number of nitrogens with zero attached hydrogens (tertiary/aromatic N) is 2. The van der Waals surface area contributed by atoms with E-state index in [9.17, 15) is 4.79 Å². The number of rotatable bonds is 0. The smallest absolute Gasteiger partial charge is 0.264 e. The van der Waals surface area contributed by atoms with Crippen molar-refractivity contribution in [2.45, 2.75) is 31.4 Å². The number of hydroxylamine groups is 1. The summed E-state index contributed by atoms with van der Waals surface area (Å²) in [5.74, 6) is 0.406. The lowest BCUT2D eigenvalue weighted by Gasteiger charge is -2.54. The van der Waals surface area contributed by atoms with Crippen molar-refractivity contribution in [1.29, 1.82) is 0 Å². The molecule has 3 heterocycles. The van der Waals surface area contributed by atoms with E-state index in [0.717, 1.165) is 19.3 Å². The quantitative estimate of drug-likeness (QED) is 0.516. The Morgan fingerprint density at radius 2 is 2.25 bits per heavy atom. The number of hydrogen-bond donors (Lipinski definition) is 0. The van der Waals surface area contributed by atoms with E-state index in [1.807, 2.05) is 12.1 Å². The molecular formula is C8H12N2O2. The molecular weight excluding hydrogens is 156 g/mol. The van der Waals surface area contributed by atoms with Crippen LogP contribution in [0.2, 0.25) is 0 Å². The summed E-state index contributed by atoms with van der Waals surface area (Å²) < 4.78 is 0. The molecule has 3 atom stereocenters. The molecule has 0 aromatic carbocycles. The monoisotopic (exact) mass is 168 g/mol. The number of carbonyl (C=O) groups excluding carboxylic acids is 1. The van der Waals surface area contributed by atoms with Crippen molar-refractivity contribution in [2.24, 2.45) is 5.92 Å². The molecule has 0 N–H and O–H groups in total. The average molecular weight is 168 g/mol. The average Bonchev–Trinajstić information content (AvgIpc) is 2.07. The molecule has 4 nitrogen and oxygen atoms in total. The second-order valence-corrected chi connectivity index (χ2v) is 3.97. The highest BCUT2D eigenvalue weighted by atomic mass is 16.7. The summed E-state index contributed by atoms with van der Waals surface area (Å²) in [4.78, 5) is 17.0. The van der Waals surface area contributed by atoms with Gasteiger partial charge in [-0.3, -0.25) is 9.63 Å². The van der Waals surface area contributed by atoms with Crippen molar-refractivity contribution < 1.29 is 9.63 Å². The summed E-state index contributed by atoms with van der Waals surface area (Å²) in [6, 6.07) is 0.542. The molecule has 0 radical (unpaired) electrons. The Morgan fingerprint density at radius 3 is 3.08 bits per heavy atom. The Kier molecular flexibility index (Phi) is 1.14. The zero-order valence-corrected chi connectivity index (χ0v) is 7.06. The Labute approximate surface area is 71.0 Å². The fourth-order valence-electron chi connectivity index (χ4n) is 2.56. The summed E-state index contributed by atoms with van der Waals surface area (Å²) in [5, 5.41) is 3.41. The van der Waals surface area contributed by atoms with E-state index in [0.29, 0.717) is 12.1 Å². The number of carbonyl (C=O) groups is 1. The van der Waals surface area contributed by atoms with Gasteiger partial charge in [0.15, 0.2) is 0 Å². The van der Waals surface area contributed by atoms with Gasteiger partial charge >= 0.3 is 0 Å². The topological polar surface area (TPSA) is 32.8 Å². The van der Waals surface area contributed by atoms with Gasteiger partial charge in [0.25, 0.3) is 5.91 Å². The highest BCUT2D eigenvalue weighted by Crippen LogP contribution is 2.41. The molecule has 1 aliphatic carbocycles. The molecule has 4 aliphatic rings. The van der Waals surface area contributed by atoms with E-state index in [4.69, 9.17) is 4.84 Å². The van der Waals surface area contributed by atoms with Gasteiger partial charge in [0, 0.05) is 19.0 Å². The Bertz CT molecular complexity index is 243. The van der Waals surface area contributed by atoms with E-state index < -0.39 is 0 Å². The summed E-state index contributed by atoms with van der Waals surface area (Å²) in [7, 11) is 1.93. The predicted molar refractivity (Wildman–Crippen MR) is 40.6 cm³/mol. The van der Waals surface area contributed by atoms with Crippen LogP contribution in [0.15, 0.2) is 0 Å². The lowest BCUT2D eigenvalue weighted by atomic mass is 9.80. The van der Waals surface area contributed by atoms with Crippen molar-refractivity contribution in [3.8, 4) is 0 Å². The highest BCUT2D eigenvalue weighted by Gasteiger charge is 2.50. The lowest BCUT2D eigenvalue weighted by Crippen LogP contribution is -2.66. The number of hydrogen-bond acceptors (Lipinski definition) is 3. The summed E-state index contributed by atoms with van der Waals surface area (Å²) in [5.41, 5.74) is 0. The van der Waals surface area contributed by atoms with Crippen LogP contribution in [0.3, 0.4) is 0 Å². The fourth-order valence-corrected chi connectivity index (χ4v) is 2.56. The third-order valence-electron chi connectivity index (χ3n) is 3.24. The third-order valence-corrected chi connectivity index (χ3v) is 3.24. The van der Waals surface area contributed by atoms with Crippen LogP contribution in [-0.2, 0) is 9.63 Å². The van der Waals surface area contributed by atoms with Crippen molar-refractivity contribution in [3.05, 3.63) is 0 Å². The number of amides is 1. The molecule has 3 unspecified atom stereocenters. The van der Waals surface area contributed by atoms with Crippen LogP contribution in [0.1, 0.15) is 19.3 Å². The van der Waals surface area contributed by atoms with Crippen LogP contribution in [-0.4, -0.2) is 35.3 Å². The molecule has 0 aromatic heterocycles. The molecule has 4 fully saturated rings. The molecule has 4 rings (SSSR count). The van der Waals surface area contributed by atoms with Crippen LogP contribution >= 0.6 is 0 Å². The third kappa shape index (κ3) is 0.671. The fraction of sp³-hybridized carbons (Fsp3) is 0.875. The number of hydrazine groups is 1. The van der Waals surface area contributed by atoms with Crippen LogP contribution in [0, 0.1) is 5.92 Å². The van der Waals surface area contributed by atoms with Gasteiger partial charge in [-0.15, -0.1) is 5.17 Å². The van der Waals surface area contributed by atoms with Gasteiger partial charge in [-0.25, -0.2) is 0 Å². The second-order valence-electron chi connectivity index (χ2n) is 3.97. The van der Waals surface area contributed by atoms with Crippen LogP contribution in [0.4, 0.5) is 0 Å². The molecule has 0 aromatic rings. The van der Waals surface area contributed by atoms with Crippen molar-refractivity contribution in [1.82, 2.24) is 10.2 Å². The van der Waals surface area contributed by atoms with Crippen LogP contribution in [0.25, 0.3) is 0 Å². The van der Waals surface area contributed by atoms with E-state index in [2.05, 4.69) is 0 Å². The van der Waals surface area contributed by atoms with Gasteiger partial charge in [0.05, 0.1) is 6.10 Å². The summed E-state index contributed by atoms with van der Waals surface area (Å²) >= 11 is 0. The normalized spacial score (nSPS) is 45.9. The molecule has 1 amide bonds. The lowest BCUT2D eigenvalue weighted by molar-refractivity contribution is -0.358. The maximum Gasteiger partial charge on any atom is 0.264 e. The molecule has 3 aliphatic heterocycles. The first-order valence-electron chi connectivity index (χ1n) is 4.49. The molecule has 4 bridgehead atoms. The van der Waals surface area contributed by atoms with Gasteiger partial charge in [0.2, 0.25) is 0 Å². The van der Waals surface area contributed by atoms with Gasteiger partial charge < -0.3 is 0 Å². The van der Waals surface area contributed by atoms with Crippen LogP contribution in [0.5, 0.6) is 0 Å². The minimum Gasteiger partial charge on any atom is -0.271 e. The largest absolute Gasteiger partial charge is 0.271 e. The maximum absolute atomic E-state index is 11.5. The first-order chi connectivity index (χ1) is 5.75. The first-order valence-corrected chi connectivity index (χ1v) is 4.49.